The first kappa shape index (κ1) is 27.9. The Kier molecular flexibility index (Phi) is 12.8. The summed E-state index contributed by atoms with van der Waals surface area (Å²) < 4.78 is 16.7. The zero-order valence-electron chi connectivity index (χ0n) is 21.0. The van der Waals surface area contributed by atoms with Gasteiger partial charge in [0.05, 0.1) is 25.2 Å². The lowest BCUT2D eigenvalue weighted by Crippen LogP contribution is -2.38. The summed E-state index contributed by atoms with van der Waals surface area (Å²) in [6, 6.07) is 7.58. The molecule has 1 saturated carbocycles. The van der Waals surface area contributed by atoms with Crippen molar-refractivity contribution in [3.63, 3.8) is 0 Å². The Balaban J connectivity index is 1.74. The van der Waals surface area contributed by atoms with Crippen molar-refractivity contribution in [2.45, 2.75) is 90.8 Å². The number of unbranched alkanes of at least 4 members (excludes halogenated alkanes) is 4. The van der Waals surface area contributed by atoms with Gasteiger partial charge in [0.15, 0.2) is 0 Å². The quantitative estimate of drug-likeness (QED) is 0.211. The third-order valence-electron chi connectivity index (χ3n) is 6.42. The molecule has 190 valence electrons. The van der Waals surface area contributed by atoms with E-state index in [9.17, 15) is 14.7 Å². The molecule has 1 N–H and O–H groups in total. The molecule has 1 aliphatic rings. The van der Waals surface area contributed by atoms with Crippen molar-refractivity contribution in [3.05, 3.63) is 35.9 Å². The largest absolute Gasteiger partial charge is 0.494 e. The van der Waals surface area contributed by atoms with Gasteiger partial charge in [-0.2, -0.15) is 0 Å². The number of carbonyl (C=O) groups excluding carboxylic acids is 2. The van der Waals surface area contributed by atoms with E-state index in [1.807, 2.05) is 38.1 Å². The molecule has 0 radical (unpaired) electrons. The monoisotopic (exact) mass is 474 g/mol. The normalized spacial score (nSPS) is 21.2. The molecule has 0 saturated heterocycles. The number of esters is 2. The third-order valence-corrected chi connectivity index (χ3v) is 6.42. The van der Waals surface area contributed by atoms with Crippen molar-refractivity contribution in [1.29, 1.82) is 0 Å². The molecule has 6 nitrogen and oxygen atoms in total. The van der Waals surface area contributed by atoms with Gasteiger partial charge in [0.1, 0.15) is 11.9 Å². The van der Waals surface area contributed by atoms with Crippen LogP contribution in [0.5, 0.6) is 5.75 Å². The SMILES string of the molecule is CCCCCCCOc1ccc(/C=C/C(=O)OC2CC(COC(=O)C(C)CC)CCC2O)cc1. The van der Waals surface area contributed by atoms with Crippen LogP contribution in [-0.2, 0) is 19.1 Å². The number of ether oxygens (including phenoxy) is 3. The highest BCUT2D eigenvalue weighted by Gasteiger charge is 2.32. The molecule has 0 aromatic heterocycles. The number of benzene rings is 1. The van der Waals surface area contributed by atoms with Gasteiger partial charge < -0.3 is 19.3 Å². The van der Waals surface area contributed by atoms with Crippen molar-refractivity contribution in [2.24, 2.45) is 11.8 Å². The van der Waals surface area contributed by atoms with Gasteiger partial charge >= 0.3 is 11.9 Å². The van der Waals surface area contributed by atoms with Crippen molar-refractivity contribution in [2.75, 3.05) is 13.2 Å². The van der Waals surface area contributed by atoms with Gasteiger partial charge in [-0.1, -0.05) is 58.6 Å². The maximum Gasteiger partial charge on any atom is 0.331 e. The van der Waals surface area contributed by atoms with Crippen LogP contribution in [0.3, 0.4) is 0 Å². The maximum absolute atomic E-state index is 12.3. The molecule has 34 heavy (non-hydrogen) atoms. The topological polar surface area (TPSA) is 82.1 Å². The lowest BCUT2D eigenvalue weighted by atomic mass is 9.85. The lowest BCUT2D eigenvalue weighted by molar-refractivity contribution is -0.158. The Morgan fingerprint density at radius 3 is 2.53 bits per heavy atom. The highest BCUT2D eigenvalue weighted by molar-refractivity contribution is 5.87. The van der Waals surface area contributed by atoms with E-state index in [1.165, 1.54) is 31.8 Å². The van der Waals surface area contributed by atoms with E-state index in [-0.39, 0.29) is 17.8 Å². The molecule has 2 rings (SSSR count). The van der Waals surface area contributed by atoms with Crippen molar-refractivity contribution in [1.82, 2.24) is 0 Å². The van der Waals surface area contributed by atoms with Gasteiger partial charge in [0.2, 0.25) is 0 Å². The number of rotatable bonds is 14. The fourth-order valence-electron chi connectivity index (χ4n) is 3.91. The van der Waals surface area contributed by atoms with Crippen LogP contribution in [0.2, 0.25) is 0 Å². The van der Waals surface area contributed by atoms with E-state index in [2.05, 4.69) is 6.92 Å². The first-order valence-electron chi connectivity index (χ1n) is 12.9. The zero-order chi connectivity index (χ0) is 24.8. The van der Waals surface area contributed by atoms with Crippen LogP contribution in [0.15, 0.2) is 30.3 Å². The highest BCUT2D eigenvalue weighted by Crippen LogP contribution is 2.28. The van der Waals surface area contributed by atoms with Gasteiger partial charge in [-0.05, 0) is 61.8 Å². The molecule has 1 fully saturated rings. The molecule has 6 heteroatoms. The summed E-state index contributed by atoms with van der Waals surface area (Å²) in [4.78, 5) is 24.2. The second kappa shape index (κ2) is 15.5. The minimum atomic E-state index is -0.697. The van der Waals surface area contributed by atoms with Gasteiger partial charge in [-0.15, -0.1) is 0 Å². The van der Waals surface area contributed by atoms with Crippen LogP contribution in [0.1, 0.15) is 84.1 Å². The second-order valence-corrected chi connectivity index (χ2v) is 9.33. The van der Waals surface area contributed by atoms with Crippen molar-refractivity contribution < 1.29 is 28.9 Å². The summed E-state index contributed by atoms with van der Waals surface area (Å²) in [5, 5.41) is 10.3. The van der Waals surface area contributed by atoms with Crippen LogP contribution in [-0.4, -0.2) is 42.5 Å². The number of aliphatic hydroxyl groups excluding tert-OH is 1. The number of aliphatic hydroxyl groups is 1. The smallest absolute Gasteiger partial charge is 0.331 e. The molecule has 4 atom stereocenters. The maximum atomic E-state index is 12.3. The predicted molar refractivity (Wildman–Crippen MR) is 133 cm³/mol. The van der Waals surface area contributed by atoms with E-state index in [0.717, 1.165) is 30.6 Å². The van der Waals surface area contributed by atoms with Crippen molar-refractivity contribution in [3.8, 4) is 5.75 Å². The Morgan fingerprint density at radius 1 is 1.09 bits per heavy atom. The van der Waals surface area contributed by atoms with Gasteiger partial charge in [-0.25, -0.2) is 4.79 Å². The average molecular weight is 475 g/mol. The number of hydrogen-bond donors (Lipinski definition) is 1. The Bertz CT molecular complexity index is 757. The molecule has 0 heterocycles. The molecule has 0 aliphatic heterocycles. The molecule has 0 amide bonds. The standard InChI is InChI=1S/C28H42O6/c1-4-6-7-8-9-18-32-24-14-10-22(11-15-24)13-17-27(30)34-26-19-23(12-16-25(26)29)20-33-28(31)21(3)5-2/h10-11,13-15,17,21,23,25-26,29H,4-9,12,16,18-20H2,1-3H3/b17-13+. The number of hydrogen-bond acceptors (Lipinski definition) is 6. The zero-order valence-corrected chi connectivity index (χ0v) is 21.0. The molecule has 1 aliphatic carbocycles. The summed E-state index contributed by atoms with van der Waals surface area (Å²) in [5.41, 5.74) is 0.867. The summed E-state index contributed by atoms with van der Waals surface area (Å²) in [7, 11) is 0. The van der Waals surface area contributed by atoms with E-state index in [1.54, 1.807) is 6.08 Å². The molecule has 0 bridgehead atoms. The van der Waals surface area contributed by atoms with Gasteiger partial charge in [0, 0.05) is 6.08 Å². The Hall–Kier alpha value is -2.34. The van der Waals surface area contributed by atoms with Crippen LogP contribution >= 0.6 is 0 Å². The lowest BCUT2D eigenvalue weighted by Gasteiger charge is -2.32. The summed E-state index contributed by atoms with van der Waals surface area (Å²) in [5.74, 6) is 0.0873. The van der Waals surface area contributed by atoms with E-state index < -0.39 is 18.2 Å². The average Bonchev–Trinajstić information content (AvgIpc) is 2.85. The fourth-order valence-corrected chi connectivity index (χ4v) is 3.91. The molecule has 0 spiro atoms. The van der Waals surface area contributed by atoms with E-state index in [0.29, 0.717) is 26.1 Å². The summed E-state index contributed by atoms with van der Waals surface area (Å²) in [6.45, 7) is 7.02. The minimum absolute atomic E-state index is 0.0809. The molecular weight excluding hydrogens is 432 g/mol. The summed E-state index contributed by atoms with van der Waals surface area (Å²) >= 11 is 0. The van der Waals surface area contributed by atoms with Crippen LogP contribution < -0.4 is 4.74 Å². The Morgan fingerprint density at radius 2 is 1.82 bits per heavy atom. The second-order valence-electron chi connectivity index (χ2n) is 9.33. The van der Waals surface area contributed by atoms with Gasteiger partial charge in [-0.3, -0.25) is 4.79 Å². The van der Waals surface area contributed by atoms with Gasteiger partial charge in [0.25, 0.3) is 0 Å². The first-order valence-corrected chi connectivity index (χ1v) is 12.9. The molecular formula is C28H42O6. The van der Waals surface area contributed by atoms with Crippen LogP contribution in [0.4, 0.5) is 0 Å². The molecule has 1 aromatic rings. The fraction of sp³-hybridized carbons (Fsp3) is 0.643. The minimum Gasteiger partial charge on any atom is -0.494 e. The molecule has 1 aromatic carbocycles. The molecule has 4 unspecified atom stereocenters. The van der Waals surface area contributed by atoms with E-state index in [4.69, 9.17) is 14.2 Å². The van der Waals surface area contributed by atoms with Crippen LogP contribution in [0.25, 0.3) is 6.08 Å². The first-order chi connectivity index (χ1) is 16.4. The summed E-state index contributed by atoms with van der Waals surface area (Å²) in [6.07, 6.45) is 10.3. The number of carbonyl (C=O) groups is 2. The predicted octanol–water partition coefficient (Wildman–Crippen LogP) is 5.71. The Labute approximate surface area is 204 Å². The third kappa shape index (κ3) is 10.3. The highest BCUT2D eigenvalue weighted by atomic mass is 16.6. The van der Waals surface area contributed by atoms with E-state index >= 15 is 0 Å². The van der Waals surface area contributed by atoms with Crippen molar-refractivity contribution >= 4 is 18.0 Å². The van der Waals surface area contributed by atoms with Crippen LogP contribution in [0, 0.1) is 11.8 Å².